The summed E-state index contributed by atoms with van der Waals surface area (Å²) in [7, 11) is 1.49. The van der Waals surface area contributed by atoms with E-state index in [4.69, 9.17) is 26.6 Å². The molecular weight excluding hydrogens is 380 g/mol. The monoisotopic (exact) mass is 409 g/mol. The number of ether oxygens (including phenoxy) is 1. The number of nitrogen functional groups attached to an aromatic ring is 1. The summed E-state index contributed by atoms with van der Waals surface area (Å²) in [5.74, 6) is -1.52. The molecule has 1 amide bonds. The van der Waals surface area contributed by atoms with Gasteiger partial charge >= 0.3 is 0 Å². The highest BCUT2D eigenvalue weighted by molar-refractivity contribution is 5.96. The zero-order valence-corrected chi connectivity index (χ0v) is 16.2. The second-order valence-corrected chi connectivity index (χ2v) is 6.86. The van der Waals surface area contributed by atoms with Gasteiger partial charge in [0.05, 0.1) is 15.0 Å². The smallest absolute Gasteiger partial charge is 0.260 e. The fourth-order valence-corrected chi connectivity index (χ4v) is 3.34. The van der Waals surface area contributed by atoms with Crippen molar-refractivity contribution in [1.82, 2.24) is 19.7 Å². The zero-order valence-electron chi connectivity index (χ0n) is 23.2. The lowest BCUT2D eigenvalue weighted by Gasteiger charge is -2.24. The number of aromatic nitrogens is 3. The van der Waals surface area contributed by atoms with E-state index in [2.05, 4.69) is 14.9 Å². The van der Waals surface area contributed by atoms with Crippen molar-refractivity contribution in [3.05, 3.63) is 64.3 Å². The number of carbonyl (C=O) groups excluding carboxylic acids is 1. The Balaban J connectivity index is 2.15. The molecule has 8 heteroatoms. The Bertz CT molecular complexity index is 1460. The van der Waals surface area contributed by atoms with E-state index >= 15 is 0 Å². The highest BCUT2D eigenvalue weighted by atomic mass is 16.5. The standard InChI is InChI=1S/C22H22N6O2/c1-12-6-7-15-16(8-12)13(2)30-18-9-14(10-25-20(18)23)19-17(11-27(4)22(15)29)26-28(5)21(19)24-3/h6-10,13H,11H2,1-2,4-5H3,(H2,23,25)/t13-/m0/s1/i2D3,4D3,13D. The topological polar surface area (TPSA) is 90.6 Å². The van der Waals surface area contributed by atoms with Crippen LogP contribution >= 0.6 is 0 Å². The van der Waals surface area contributed by atoms with Crippen molar-refractivity contribution in [2.24, 2.45) is 7.05 Å². The molecule has 2 aromatic heterocycles. The Morgan fingerprint density at radius 3 is 3.00 bits per heavy atom. The van der Waals surface area contributed by atoms with Gasteiger partial charge in [0, 0.05) is 38.1 Å². The first-order chi connectivity index (χ1) is 17.1. The molecule has 0 fully saturated rings. The van der Waals surface area contributed by atoms with Gasteiger partial charge in [-0.3, -0.25) is 4.79 Å². The van der Waals surface area contributed by atoms with Gasteiger partial charge in [-0.1, -0.05) is 24.3 Å². The molecule has 0 radical (unpaired) electrons. The van der Waals surface area contributed by atoms with E-state index in [1.54, 1.807) is 6.92 Å². The maximum absolute atomic E-state index is 13.8. The average Bonchev–Trinajstić information content (AvgIpc) is 3.11. The molecule has 3 aromatic rings. The highest BCUT2D eigenvalue weighted by Crippen LogP contribution is 2.38. The van der Waals surface area contributed by atoms with Crippen LogP contribution in [0.25, 0.3) is 16.0 Å². The maximum Gasteiger partial charge on any atom is 0.260 e. The third-order valence-electron chi connectivity index (χ3n) is 4.78. The second-order valence-electron chi connectivity index (χ2n) is 6.86. The van der Waals surface area contributed by atoms with Crippen molar-refractivity contribution in [3.63, 3.8) is 0 Å². The van der Waals surface area contributed by atoms with Gasteiger partial charge in [-0.15, -0.1) is 5.10 Å². The molecule has 8 nitrogen and oxygen atoms in total. The predicted molar refractivity (Wildman–Crippen MR) is 113 cm³/mol. The minimum atomic E-state index is -3.16. The number of benzene rings is 1. The fraction of sp³-hybridized carbons (Fsp3) is 0.273. The SMILES string of the molecule is [2H]C([2H])([2H])N1Cc2nn(C)c([N+]#[C-])c2-c2cnc(N)c(c2)O[C@@]([2H])(C([2H])([2H])[2H])c2cc(C)ccc2C1=O. The van der Waals surface area contributed by atoms with Crippen LogP contribution in [0.5, 0.6) is 5.75 Å². The Kier molecular flexibility index (Phi) is 3.03. The Hall–Kier alpha value is -3.86. The molecule has 1 aliphatic rings. The summed E-state index contributed by atoms with van der Waals surface area (Å²) in [6, 6.07) is 5.38. The quantitative estimate of drug-likeness (QED) is 0.573. The van der Waals surface area contributed by atoms with E-state index in [1.807, 2.05) is 0 Å². The lowest BCUT2D eigenvalue weighted by atomic mass is 9.98. The summed E-state index contributed by atoms with van der Waals surface area (Å²) in [4.78, 5) is 21.9. The molecule has 4 rings (SSSR count). The molecule has 1 aliphatic heterocycles. The lowest BCUT2D eigenvalue weighted by molar-refractivity contribution is 0.0778. The molecule has 0 saturated carbocycles. The molecule has 3 heterocycles. The molecule has 0 saturated heterocycles. The first-order valence-electron chi connectivity index (χ1n) is 12.4. The van der Waals surface area contributed by atoms with Crippen LogP contribution in [0.15, 0.2) is 30.5 Å². The van der Waals surface area contributed by atoms with Gasteiger partial charge in [0.15, 0.2) is 11.6 Å². The van der Waals surface area contributed by atoms with Gasteiger partial charge in [0.1, 0.15) is 11.8 Å². The van der Waals surface area contributed by atoms with Gasteiger partial charge in [0.25, 0.3) is 11.7 Å². The first-order valence-corrected chi connectivity index (χ1v) is 8.90. The van der Waals surface area contributed by atoms with E-state index < -0.39 is 32.4 Å². The van der Waals surface area contributed by atoms with E-state index in [1.165, 1.54) is 42.2 Å². The molecule has 0 aliphatic carbocycles. The summed E-state index contributed by atoms with van der Waals surface area (Å²) in [6.07, 6.45) is -1.58. The summed E-state index contributed by atoms with van der Waals surface area (Å²) in [5.41, 5.74) is 6.28. The van der Waals surface area contributed by atoms with Crippen LogP contribution in [0.3, 0.4) is 0 Å². The third-order valence-corrected chi connectivity index (χ3v) is 4.78. The van der Waals surface area contributed by atoms with Crippen LogP contribution in [0, 0.1) is 13.5 Å². The average molecular weight is 410 g/mol. The zero-order chi connectivity index (χ0) is 27.5. The van der Waals surface area contributed by atoms with E-state index in [-0.39, 0.29) is 45.3 Å². The van der Waals surface area contributed by atoms with Crippen molar-refractivity contribution in [2.45, 2.75) is 26.4 Å². The van der Waals surface area contributed by atoms with E-state index in [0.717, 1.165) is 0 Å². The number of nitrogens with zero attached hydrogens (tertiary/aromatic N) is 5. The first kappa shape index (κ1) is 12.6. The van der Waals surface area contributed by atoms with Gasteiger partial charge in [0.2, 0.25) is 0 Å². The van der Waals surface area contributed by atoms with Gasteiger partial charge in [-0.05, 0) is 31.5 Å². The molecule has 1 aromatic carbocycles. The van der Waals surface area contributed by atoms with Crippen LogP contribution < -0.4 is 10.5 Å². The molecule has 2 bridgehead atoms. The molecule has 0 spiro atoms. The Morgan fingerprint density at radius 2 is 2.27 bits per heavy atom. The number of rotatable bonds is 0. The number of aryl methyl sites for hydroxylation is 2. The van der Waals surface area contributed by atoms with Crippen LogP contribution in [-0.4, -0.2) is 32.5 Å². The van der Waals surface area contributed by atoms with Gasteiger partial charge in [-0.25, -0.2) is 9.67 Å². The number of pyridine rings is 1. The number of hydrogen-bond acceptors (Lipinski definition) is 5. The van der Waals surface area contributed by atoms with E-state index in [9.17, 15) is 4.79 Å². The van der Waals surface area contributed by atoms with Crippen molar-refractivity contribution in [3.8, 4) is 16.9 Å². The van der Waals surface area contributed by atoms with Crippen molar-refractivity contribution in [2.75, 3.05) is 12.7 Å². The number of carbonyl (C=O) groups is 1. The van der Waals surface area contributed by atoms with Crippen molar-refractivity contribution in [1.29, 1.82) is 0 Å². The third kappa shape index (κ3) is 3.14. The predicted octanol–water partition coefficient (Wildman–Crippen LogP) is 3.65. The number of nitrogens with two attached hydrogens (primary N) is 1. The molecule has 152 valence electrons. The van der Waals surface area contributed by atoms with Crippen LogP contribution in [-0.2, 0) is 13.6 Å². The summed E-state index contributed by atoms with van der Waals surface area (Å²) >= 11 is 0. The van der Waals surface area contributed by atoms with Crippen LogP contribution in [0.4, 0.5) is 11.6 Å². The minimum absolute atomic E-state index is 0.0199. The molecule has 1 atom stereocenters. The molecular formula is C22H22N6O2. The second kappa shape index (κ2) is 7.19. The lowest BCUT2D eigenvalue weighted by Crippen LogP contribution is -2.28. The van der Waals surface area contributed by atoms with Gasteiger partial charge < -0.3 is 20.2 Å². The fourth-order valence-electron chi connectivity index (χ4n) is 3.34. The summed E-state index contributed by atoms with van der Waals surface area (Å²) in [6.45, 7) is 2.57. The number of hydrogen-bond donors (Lipinski definition) is 1. The molecule has 0 unspecified atom stereocenters. The summed E-state index contributed by atoms with van der Waals surface area (Å²) < 4.78 is 64.6. The van der Waals surface area contributed by atoms with Crippen LogP contribution in [0.1, 0.15) is 49.7 Å². The largest absolute Gasteiger partial charge is 0.482 e. The van der Waals surface area contributed by atoms with E-state index in [0.29, 0.717) is 10.5 Å². The maximum atomic E-state index is 13.8. The molecule has 2 N–H and O–H groups in total. The number of amides is 1. The molecule has 30 heavy (non-hydrogen) atoms. The van der Waals surface area contributed by atoms with Gasteiger partial charge in [-0.2, -0.15) is 0 Å². The Morgan fingerprint density at radius 1 is 1.43 bits per heavy atom. The highest BCUT2D eigenvalue weighted by Gasteiger charge is 2.27. The Labute approximate surface area is 184 Å². The number of anilines is 1. The normalized spacial score (nSPS) is 22.6. The van der Waals surface area contributed by atoms with Crippen molar-refractivity contribution >= 4 is 17.5 Å². The van der Waals surface area contributed by atoms with Crippen LogP contribution in [0.2, 0.25) is 0 Å². The minimum Gasteiger partial charge on any atom is -0.482 e. The number of fused-ring (bicyclic) bond motifs is 5. The van der Waals surface area contributed by atoms with Crippen molar-refractivity contribution < 1.29 is 19.1 Å². The summed E-state index contributed by atoms with van der Waals surface area (Å²) in [5, 5.41) is 4.29.